The van der Waals surface area contributed by atoms with Crippen molar-refractivity contribution in [3.05, 3.63) is 48.6 Å². The zero-order valence-corrected chi connectivity index (χ0v) is 30.3. The summed E-state index contributed by atoms with van der Waals surface area (Å²) in [5.74, 6) is -2.58. The second-order valence-corrected chi connectivity index (χ2v) is 16.1. The fraction of sp³-hybridized carbons (Fsp3) is 0.649. The number of ketones is 1. The van der Waals surface area contributed by atoms with Crippen LogP contribution in [0.3, 0.4) is 0 Å². The van der Waals surface area contributed by atoms with Gasteiger partial charge in [-0.05, 0) is 55.4 Å². The van der Waals surface area contributed by atoms with E-state index in [1.807, 2.05) is 51.1 Å². The molecule has 1 aromatic carbocycles. The second kappa shape index (κ2) is 14.6. The van der Waals surface area contributed by atoms with E-state index in [1.54, 1.807) is 6.08 Å². The number of halogens is 2. The number of hydrogen-bond acceptors (Lipinski definition) is 8. The maximum absolute atomic E-state index is 13.9. The molecule has 1 heterocycles. The summed E-state index contributed by atoms with van der Waals surface area (Å²) in [4.78, 5) is 66.7. The van der Waals surface area contributed by atoms with E-state index < -0.39 is 69.2 Å². The number of piperidine rings is 1. The number of likely N-dealkylation sites (tertiary alicyclic amines) is 1. The minimum absolute atomic E-state index is 0.00501. The fourth-order valence-electron chi connectivity index (χ4n) is 9.42. The van der Waals surface area contributed by atoms with Gasteiger partial charge in [-0.1, -0.05) is 87.3 Å². The van der Waals surface area contributed by atoms with Gasteiger partial charge in [0.15, 0.2) is 0 Å². The molecule has 9 atom stereocenters. The summed E-state index contributed by atoms with van der Waals surface area (Å²) < 4.78 is 17.7. The molecule has 3 amide bonds. The van der Waals surface area contributed by atoms with Crippen LogP contribution in [-0.2, 0) is 35.2 Å². The third-order valence-electron chi connectivity index (χ3n) is 12.4. The van der Waals surface area contributed by atoms with Gasteiger partial charge in [-0.15, -0.1) is 6.58 Å². The van der Waals surface area contributed by atoms with E-state index in [2.05, 4.69) is 18.8 Å². The Kier molecular flexibility index (Phi) is 11.1. The molecule has 268 valence electrons. The first-order chi connectivity index (χ1) is 23.2. The van der Waals surface area contributed by atoms with Crippen LogP contribution in [0, 0.1) is 39.9 Å². The molecule has 12 heteroatoms. The summed E-state index contributed by atoms with van der Waals surface area (Å²) in [5.41, 5.74) is -1.34. The highest BCUT2D eigenvalue weighted by molar-refractivity contribution is 6.52. The van der Waals surface area contributed by atoms with Crippen LogP contribution < -0.4 is 5.32 Å². The number of Topliss-reactive ketones (excluding diaryl/α,β-unsaturated/α-hetero) is 1. The normalized spacial score (nSPS) is 35.7. The molecule has 3 aliphatic carbocycles. The lowest BCUT2D eigenvalue weighted by atomic mass is 9.44. The Bertz CT molecular complexity index is 1460. The molecule has 7 unspecified atom stereocenters. The number of carbonyl (C=O) groups is 5. The van der Waals surface area contributed by atoms with Gasteiger partial charge in [0.05, 0.1) is 5.92 Å². The molecule has 1 N–H and O–H groups in total. The summed E-state index contributed by atoms with van der Waals surface area (Å²) in [6, 6.07) is 9.32. The number of alkyl carbamates (subject to hydrolysis) is 1. The van der Waals surface area contributed by atoms with Crippen molar-refractivity contribution in [1.82, 2.24) is 10.2 Å². The van der Waals surface area contributed by atoms with E-state index in [4.69, 9.17) is 37.4 Å². The maximum atomic E-state index is 13.9. The van der Waals surface area contributed by atoms with E-state index in [0.29, 0.717) is 32.2 Å². The smallest absolute Gasteiger partial charge is 0.414 e. The van der Waals surface area contributed by atoms with Gasteiger partial charge < -0.3 is 19.1 Å². The Morgan fingerprint density at radius 2 is 1.80 bits per heavy atom. The number of esters is 1. The number of alkyl halides is 2. The van der Waals surface area contributed by atoms with Crippen molar-refractivity contribution in [3.63, 3.8) is 0 Å². The highest BCUT2D eigenvalue weighted by Gasteiger charge is 2.69. The lowest BCUT2D eigenvalue weighted by Gasteiger charge is -2.62. The minimum Gasteiger partial charge on any atom is -0.459 e. The van der Waals surface area contributed by atoms with Crippen molar-refractivity contribution >= 4 is 53.0 Å². The molecular weight excluding hydrogens is 671 g/mol. The molecule has 4 fully saturated rings. The summed E-state index contributed by atoms with van der Waals surface area (Å²) in [5, 5.41) is 2.43. The van der Waals surface area contributed by atoms with E-state index in [9.17, 15) is 24.0 Å². The van der Waals surface area contributed by atoms with Gasteiger partial charge in [-0.25, -0.2) is 14.4 Å². The minimum atomic E-state index is -1.40. The van der Waals surface area contributed by atoms with Gasteiger partial charge in [0.2, 0.25) is 10.7 Å². The summed E-state index contributed by atoms with van der Waals surface area (Å²) >= 11 is 11.9. The fourth-order valence-corrected chi connectivity index (χ4v) is 9.52. The SMILES string of the molecule is C=C[C@@]1(C)CC(OC(=O)NC(=O)C2CCCN(C(=O)OCc3ccccc3)C2)C2(C)C(C)CCC3(CCC(=O)C32)C(C)[C@H]1OC(=O)C(Cl)Cl. The molecule has 5 rings (SSSR count). The Morgan fingerprint density at radius 1 is 1.08 bits per heavy atom. The number of hydrogen-bond donors (Lipinski definition) is 1. The lowest BCUT2D eigenvalue weighted by Crippen LogP contribution is -2.64. The molecule has 49 heavy (non-hydrogen) atoms. The van der Waals surface area contributed by atoms with Crippen LogP contribution in [0.5, 0.6) is 0 Å². The number of amides is 3. The maximum Gasteiger partial charge on any atom is 0.414 e. The van der Waals surface area contributed by atoms with Crippen LogP contribution in [0.15, 0.2) is 43.0 Å². The first-order valence-electron chi connectivity index (χ1n) is 17.3. The van der Waals surface area contributed by atoms with Crippen LogP contribution in [0.4, 0.5) is 9.59 Å². The van der Waals surface area contributed by atoms with Crippen LogP contribution >= 0.6 is 23.2 Å². The first-order valence-corrected chi connectivity index (χ1v) is 18.2. The molecular formula is C37H48Cl2N2O8. The Morgan fingerprint density at radius 3 is 2.47 bits per heavy atom. The third kappa shape index (κ3) is 7.09. The summed E-state index contributed by atoms with van der Waals surface area (Å²) in [6.45, 7) is 12.8. The highest BCUT2D eigenvalue weighted by Crippen LogP contribution is 2.68. The standard InChI is InChI=1S/C37H48Cl2N2O8/c1-6-35(4)19-27(36(5)22(2)14-16-37(17-15-26(42)28(36)37)23(3)29(35)49-32(44)30(38)39)48-33(45)40-31(43)25-13-10-18-41(20-25)34(46)47-21-24-11-8-7-9-12-24/h6-9,11-12,22-23,25,27-30H,1,10,13-21H2,2-5H3,(H,40,43,45)/t22?,23?,25?,27?,28?,29-,35+,36?,37?/m1/s1. The third-order valence-corrected chi connectivity index (χ3v) is 12.8. The van der Waals surface area contributed by atoms with E-state index in [1.165, 1.54) is 4.90 Å². The monoisotopic (exact) mass is 718 g/mol. The number of rotatable bonds is 7. The van der Waals surface area contributed by atoms with Crippen molar-refractivity contribution in [1.29, 1.82) is 0 Å². The molecule has 2 bridgehead atoms. The van der Waals surface area contributed by atoms with Crippen molar-refractivity contribution < 1.29 is 38.2 Å². The molecule has 0 spiro atoms. The molecule has 1 aliphatic heterocycles. The van der Waals surface area contributed by atoms with Crippen molar-refractivity contribution in [2.45, 2.75) is 96.3 Å². The van der Waals surface area contributed by atoms with Gasteiger partial charge in [-0.2, -0.15) is 0 Å². The molecule has 1 aromatic rings. The Balaban J connectivity index is 1.35. The molecule has 0 aromatic heterocycles. The Hall–Kier alpha value is -3.11. The highest BCUT2D eigenvalue weighted by atomic mass is 35.5. The lowest BCUT2D eigenvalue weighted by molar-refractivity contribution is -0.202. The van der Waals surface area contributed by atoms with Gasteiger partial charge in [0.25, 0.3) is 0 Å². The number of benzene rings is 1. The molecule has 0 radical (unpaired) electrons. The van der Waals surface area contributed by atoms with E-state index in [0.717, 1.165) is 18.4 Å². The molecule has 3 saturated carbocycles. The largest absolute Gasteiger partial charge is 0.459 e. The van der Waals surface area contributed by atoms with Gasteiger partial charge in [0.1, 0.15) is 24.6 Å². The van der Waals surface area contributed by atoms with E-state index in [-0.39, 0.29) is 37.2 Å². The van der Waals surface area contributed by atoms with Crippen LogP contribution in [-0.4, -0.2) is 64.9 Å². The topological polar surface area (TPSA) is 128 Å². The first kappa shape index (κ1) is 37.2. The average molecular weight is 720 g/mol. The number of nitrogens with zero attached hydrogens (tertiary/aromatic N) is 1. The predicted molar refractivity (Wildman–Crippen MR) is 183 cm³/mol. The summed E-state index contributed by atoms with van der Waals surface area (Å²) in [7, 11) is 0. The van der Waals surface area contributed by atoms with Gasteiger partial charge in [-0.3, -0.25) is 14.9 Å². The average Bonchev–Trinajstić information content (AvgIpc) is 3.44. The van der Waals surface area contributed by atoms with Crippen LogP contribution in [0.1, 0.15) is 78.2 Å². The van der Waals surface area contributed by atoms with Gasteiger partial charge in [0, 0.05) is 42.2 Å². The second-order valence-electron chi connectivity index (χ2n) is 15.0. The number of nitrogens with one attached hydrogen (secondary N) is 1. The van der Waals surface area contributed by atoms with Gasteiger partial charge >= 0.3 is 18.2 Å². The zero-order valence-electron chi connectivity index (χ0n) is 28.8. The number of ether oxygens (including phenoxy) is 3. The molecule has 4 aliphatic rings. The van der Waals surface area contributed by atoms with Crippen molar-refractivity contribution in [3.8, 4) is 0 Å². The van der Waals surface area contributed by atoms with Crippen molar-refractivity contribution in [2.75, 3.05) is 13.1 Å². The zero-order chi connectivity index (χ0) is 35.7. The number of carbonyl (C=O) groups excluding carboxylic acids is 5. The Labute approximate surface area is 298 Å². The quantitative estimate of drug-likeness (QED) is 0.138. The number of imide groups is 1. The molecule has 10 nitrogen and oxygen atoms in total. The van der Waals surface area contributed by atoms with Crippen molar-refractivity contribution in [2.24, 2.45) is 39.9 Å². The van der Waals surface area contributed by atoms with Crippen LogP contribution in [0.25, 0.3) is 0 Å². The molecule has 1 saturated heterocycles. The van der Waals surface area contributed by atoms with Crippen LogP contribution in [0.2, 0.25) is 0 Å². The summed E-state index contributed by atoms with van der Waals surface area (Å²) in [6.07, 6.45) is 2.43. The van der Waals surface area contributed by atoms with E-state index >= 15 is 0 Å². The predicted octanol–water partition coefficient (Wildman–Crippen LogP) is 7.01.